The third-order valence-corrected chi connectivity index (χ3v) is 2.87. The minimum Gasteiger partial charge on any atom is -0.506 e. The molecule has 0 saturated carbocycles. The molecule has 1 aliphatic heterocycles. The second-order valence-electron chi connectivity index (χ2n) is 3.64. The van der Waals surface area contributed by atoms with Crippen molar-refractivity contribution < 1.29 is 9.84 Å². The zero-order valence-electron chi connectivity index (χ0n) is 8.45. The van der Waals surface area contributed by atoms with Gasteiger partial charge in [0, 0.05) is 25.2 Å². The average Bonchev–Trinajstić information content (AvgIpc) is 2.26. The number of ether oxygens (including phenoxy) is 1. The van der Waals surface area contributed by atoms with E-state index in [1.165, 1.54) is 0 Å². The average molecular weight is 228 g/mol. The summed E-state index contributed by atoms with van der Waals surface area (Å²) in [6.07, 6.45) is 0. The van der Waals surface area contributed by atoms with Crippen molar-refractivity contribution in [2.24, 2.45) is 0 Å². The minimum absolute atomic E-state index is 0.200. The standard InChI is InChI=1S/C11H14ClNO2/c12-10-3-1-2-9(11(10)14)8-13-4-6-15-7-5-13/h1-3,14H,4-8H2. The lowest BCUT2D eigenvalue weighted by Crippen LogP contribution is -2.35. The second kappa shape index (κ2) is 4.84. The SMILES string of the molecule is Oc1c(Cl)cccc1CN1CCOCC1. The molecule has 0 radical (unpaired) electrons. The molecular weight excluding hydrogens is 214 g/mol. The van der Waals surface area contributed by atoms with Crippen LogP contribution in [0.1, 0.15) is 5.56 Å². The first-order valence-electron chi connectivity index (χ1n) is 5.04. The molecule has 0 spiro atoms. The van der Waals surface area contributed by atoms with Crippen LogP contribution in [0.25, 0.3) is 0 Å². The van der Waals surface area contributed by atoms with E-state index in [9.17, 15) is 5.11 Å². The Morgan fingerprint density at radius 1 is 1.33 bits per heavy atom. The Balaban J connectivity index is 2.06. The number of para-hydroxylation sites is 1. The Kier molecular flexibility index (Phi) is 3.46. The van der Waals surface area contributed by atoms with Gasteiger partial charge in [-0.3, -0.25) is 4.90 Å². The van der Waals surface area contributed by atoms with Gasteiger partial charge in [-0.25, -0.2) is 0 Å². The van der Waals surface area contributed by atoms with E-state index in [4.69, 9.17) is 16.3 Å². The fraction of sp³-hybridized carbons (Fsp3) is 0.455. The lowest BCUT2D eigenvalue weighted by molar-refractivity contribution is 0.0339. The van der Waals surface area contributed by atoms with E-state index in [1.54, 1.807) is 6.07 Å². The van der Waals surface area contributed by atoms with Crippen LogP contribution in [0.4, 0.5) is 0 Å². The van der Waals surface area contributed by atoms with E-state index in [0.29, 0.717) is 5.02 Å². The molecule has 1 N–H and O–H groups in total. The van der Waals surface area contributed by atoms with Crippen LogP contribution in [0.3, 0.4) is 0 Å². The van der Waals surface area contributed by atoms with Gasteiger partial charge in [0.1, 0.15) is 5.75 Å². The van der Waals surface area contributed by atoms with Crippen LogP contribution in [0.15, 0.2) is 18.2 Å². The highest BCUT2D eigenvalue weighted by molar-refractivity contribution is 6.32. The van der Waals surface area contributed by atoms with Crippen LogP contribution in [0, 0.1) is 0 Å². The highest BCUT2D eigenvalue weighted by Crippen LogP contribution is 2.27. The van der Waals surface area contributed by atoms with Crippen molar-refractivity contribution in [3.05, 3.63) is 28.8 Å². The summed E-state index contributed by atoms with van der Waals surface area (Å²) in [6, 6.07) is 5.45. The maximum atomic E-state index is 9.74. The quantitative estimate of drug-likeness (QED) is 0.838. The maximum absolute atomic E-state index is 9.74. The number of phenols is 1. The Hall–Kier alpha value is -0.770. The van der Waals surface area contributed by atoms with E-state index in [1.807, 2.05) is 12.1 Å². The Morgan fingerprint density at radius 2 is 2.07 bits per heavy atom. The highest BCUT2D eigenvalue weighted by atomic mass is 35.5. The van der Waals surface area contributed by atoms with Crippen molar-refractivity contribution in [2.45, 2.75) is 6.54 Å². The van der Waals surface area contributed by atoms with E-state index in [0.717, 1.165) is 38.4 Å². The van der Waals surface area contributed by atoms with Gasteiger partial charge >= 0.3 is 0 Å². The van der Waals surface area contributed by atoms with Crippen LogP contribution in [0.2, 0.25) is 5.02 Å². The van der Waals surface area contributed by atoms with Gasteiger partial charge in [0.2, 0.25) is 0 Å². The number of nitrogens with zero attached hydrogens (tertiary/aromatic N) is 1. The summed E-state index contributed by atoms with van der Waals surface area (Å²) in [6.45, 7) is 4.08. The molecule has 0 bridgehead atoms. The molecule has 1 aromatic carbocycles. The molecule has 0 atom stereocenters. The lowest BCUT2D eigenvalue weighted by Gasteiger charge is -2.26. The van der Waals surface area contributed by atoms with Crippen molar-refractivity contribution in [3.8, 4) is 5.75 Å². The fourth-order valence-electron chi connectivity index (χ4n) is 1.69. The summed E-state index contributed by atoms with van der Waals surface area (Å²) < 4.78 is 5.26. The van der Waals surface area contributed by atoms with Gasteiger partial charge in [-0.1, -0.05) is 23.7 Å². The zero-order chi connectivity index (χ0) is 10.7. The Bertz CT molecular complexity index is 337. The van der Waals surface area contributed by atoms with Gasteiger partial charge in [-0.05, 0) is 6.07 Å². The molecule has 0 aromatic heterocycles. The van der Waals surface area contributed by atoms with Crippen molar-refractivity contribution in [3.63, 3.8) is 0 Å². The minimum atomic E-state index is 0.200. The third-order valence-electron chi connectivity index (χ3n) is 2.57. The number of aromatic hydroxyl groups is 1. The zero-order valence-corrected chi connectivity index (χ0v) is 9.20. The number of hydrogen-bond acceptors (Lipinski definition) is 3. The number of halogens is 1. The van der Waals surface area contributed by atoms with Crippen molar-refractivity contribution >= 4 is 11.6 Å². The Labute approximate surface area is 94.2 Å². The number of hydrogen-bond donors (Lipinski definition) is 1. The van der Waals surface area contributed by atoms with E-state index in [-0.39, 0.29) is 5.75 Å². The first-order chi connectivity index (χ1) is 7.27. The molecule has 1 aliphatic rings. The van der Waals surface area contributed by atoms with E-state index < -0.39 is 0 Å². The van der Waals surface area contributed by atoms with Crippen molar-refractivity contribution in [2.75, 3.05) is 26.3 Å². The molecule has 4 heteroatoms. The lowest BCUT2D eigenvalue weighted by atomic mass is 10.2. The van der Waals surface area contributed by atoms with Crippen molar-refractivity contribution in [1.82, 2.24) is 4.90 Å². The van der Waals surface area contributed by atoms with E-state index in [2.05, 4.69) is 4.90 Å². The van der Waals surface area contributed by atoms with Crippen molar-refractivity contribution in [1.29, 1.82) is 0 Å². The molecule has 82 valence electrons. The maximum Gasteiger partial charge on any atom is 0.138 e. The predicted molar refractivity (Wildman–Crippen MR) is 59.2 cm³/mol. The molecule has 1 aromatic rings. The number of benzene rings is 1. The summed E-state index contributed by atoms with van der Waals surface area (Å²) in [7, 11) is 0. The first-order valence-corrected chi connectivity index (χ1v) is 5.41. The summed E-state index contributed by atoms with van der Waals surface area (Å²) >= 11 is 5.84. The second-order valence-corrected chi connectivity index (χ2v) is 4.04. The monoisotopic (exact) mass is 227 g/mol. The molecule has 3 nitrogen and oxygen atoms in total. The van der Waals surface area contributed by atoms with Crippen LogP contribution in [-0.4, -0.2) is 36.3 Å². The molecule has 0 amide bonds. The number of morpholine rings is 1. The molecule has 15 heavy (non-hydrogen) atoms. The van der Waals surface area contributed by atoms with Crippen LogP contribution >= 0.6 is 11.6 Å². The van der Waals surface area contributed by atoms with Crippen LogP contribution < -0.4 is 0 Å². The predicted octanol–water partition coefficient (Wildman–Crippen LogP) is 1.88. The van der Waals surface area contributed by atoms with Gasteiger partial charge in [-0.15, -0.1) is 0 Å². The van der Waals surface area contributed by atoms with Gasteiger partial charge in [0.25, 0.3) is 0 Å². The summed E-state index contributed by atoms with van der Waals surface area (Å²) in [5.41, 5.74) is 0.879. The van der Waals surface area contributed by atoms with Crippen LogP contribution in [0.5, 0.6) is 5.75 Å². The van der Waals surface area contributed by atoms with Gasteiger partial charge in [0.05, 0.1) is 18.2 Å². The van der Waals surface area contributed by atoms with E-state index >= 15 is 0 Å². The smallest absolute Gasteiger partial charge is 0.138 e. The molecule has 1 fully saturated rings. The van der Waals surface area contributed by atoms with Gasteiger partial charge < -0.3 is 9.84 Å². The summed E-state index contributed by atoms with van der Waals surface area (Å²) in [5, 5.41) is 10.2. The normalized spacial score (nSPS) is 17.9. The first kappa shape index (κ1) is 10.7. The summed E-state index contributed by atoms with van der Waals surface area (Å²) in [5.74, 6) is 0.200. The molecule has 1 saturated heterocycles. The largest absolute Gasteiger partial charge is 0.506 e. The Morgan fingerprint density at radius 3 is 2.80 bits per heavy atom. The molecule has 2 rings (SSSR count). The summed E-state index contributed by atoms with van der Waals surface area (Å²) in [4.78, 5) is 2.24. The highest BCUT2D eigenvalue weighted by Gasteiger charge is 2.13. The number of phenolic OH excluding ortho intramolecular Hbond substituents is 1. The van der Waals surface area contributed by atoms with Gasteiger partial charge in [-0.2, -0.15) is 0 Å². The molecule has 0 unspecified atom stereocenters. The van der Waals surface area contributed by atoms with Gasteiger partial charge in [0.15, 0.2) is 0 Å². The molecule has 0 aliphatic carbocycles. The topological polar surface area (TPSA) is 32.7 Å². The molecular formula is C11H14ClNO2. The fourth-order valence-corrected chi connectivity index (χ4v) is 1.88. The third kappa shape index (κ3) is 2.62. The van der Waals surface area contributed by atoms with Crippen LogP contribution in [-0.2, 0) is 11.3 Å². The molecule has 1 heterocycles. The number of rotatable bonds is 2.